The molecule has 0 aliphatic heterocycles. The van der Waals surface area contributed by atoms with Gasteiger partial charge >= 0.3 is 5.97 Å². The van der Waals surface area contributed by atoms with Crippen molar-refractivity contribution in [3.8, 4) is 0 Å². The molecule has 2 atom stereocenters. The summed E-state index contributed by atoms with van der Waals surface area (Å²) in [4.78, 5) is 24.6. The molecule has 0 unspecified atom stereocenters. The second-order valence-corrected chi connectivity index (χ2v) is 6.34. The van der Waals surface area contributed by atoms with Gasteiger partial charge in [-0.3, -0.25) is 9.00 Å². The fourth-order valence-corrected chi connectivity index (χ4v) is 2.67. The fraction of sp³-hybridized carbons (Fsp3) is 0.176. The molecule has 0 saturated carbocycles. The average Bonchev–Trinajstić information content (AvgIpc) is 2.56. The summed E-state index contributed by atoms with van der Waals surface area (Å²) >= 11 is 0. The monoisotopic (exact) mass is 349 g/mol. The van der Waals surface area contributed by atoms with Gasteiger partial charge in [0.15, 0.2) is 6.10 Å². The van der Waals surface area contributed by atoms with Crippen molar-refractivity contribution in [1.29, 1.82) is 0 Å². The van der Waals surface area contributed by atoms with Crippen molar-refractivity contribution in [1.82, 2.24) is 0 Å². The summed E-state index contributed by atoms with van der Waals surface area (Å²) in [6.07, 6.45) is 0.387. The van der Waals surface area contributed by atoms with Gasteiger partial charge in [0, 0.05) is 11.9 Å². The van der Waals surface area contributed by atoms with Crippen molar-refractivity contribution in [3.63, 3.8) is 0 Å². The Morgan fingerprint density at radius 3 is 2.38 bits per heavy atom. The van der Waals surface area contributed by atoms with E-state index in [9.17, 15) is 18.2 Å². The van der Waals surface area contributed by atoms with E-state index in [1.807, 2.05) is 0 Å². The van der Waals surface area contributed by atoms with Crippen molar-refractivity contribution in [3.05, 3.63) is 59.9 Å². The molecular formula is C17H16FNO4S. The molecule has 0 bridgehead atoms. The molecule has 0 aliphatic carbocycles. The second kappa shape index (κ2) is 7.83. The van der Waals surface area contributed by atoms with Crippen LogP contribution in [-0.4, -0.2) is 28.4 Å². The van der Waals surface area contributed by atoms with Gasteiger partial charge < -0.3 is 10.1 Å². The zero-order valence-corrected chi connectivity index (χ0v) is 13.9. The molecule has 126 valence electrons. The Labute approximate surface area is 141 Å². The van der Waals surface area contributed by atoms with Crippen molar-refractivity contribution in [2.24, 2.45) is 0 Å². The van der Waals surface area contributed by atoms with Crippen LogP contribution in [0.15, 0.2) is 53.4 Å². The number of amides is 1. The van der Waals surface area contributed by atoms with Gasteiger partial charge in [0.25, 0.3) is 5.91 Å². The molecule has 2 aromatic carbocycles. The standard InChI is InChI=1S/C17H16FNO4S/c1-11(16(20)19-13-9-7-12(18)8-10-13)23-17(21)14-5-3-4-6-15(14)24(2)22/h3-11H,1-2H3,(H,19,20)/t11-,24+/m0/s1. The van der Waals surface area contributed by atoms with E-state index in [0.717, 1.165) is 0 Å². The third kappa shape index (κ3) is 4.48. The lowest BCUT2D eigenvalue weighted by Crippen LogP contribution is -2.30. The summed E-state index contributed by atoms with van der Waals surface area (Å²) < 4.78 is 29.6. The second-order valence-electron chi connectivity index (χ2n) is 4.99. The summed E-state index contributed by atoms with van der Waals surface area (Å²) in [5.74, 6) is -1.70. The van der Waals surface area contributed by atoms with Crippen LogP contribution >= 0.6 is 0 Å². The molecule has 2 rings (SSSR count). The lowest BCUT2D eigenvalue weighted by Gasteiger charge is -2.14. The molecule has 1 N–H and O–H groups in total. The van der Waals surface area contributed by atoms with Crippen LogP contribution in [0.2, 0.25) is 0 Å². The normalized spacial score (nSPS) is 13.0. The number of carbonyl (C=O) groups excluding carboxylic acids is 2. The minimum absolute atomic E-state index is 0.153. The summed E-state index contributed by atoms with van der Waals surface area (Å²) in [7, 11) is -1.36. The van der Waals surface area contributed by atoms with Gasteiger partial charge in [0.1, 0.15) is 5.82 Å². The van der Waals surface area contributed by atoms with E-state index in [1.165, 1.54) is 43.5 Å². The maximum Gasteiger partial charge on any atom is 0.340 e. The van der Waals surface area contributed by atoms with Crippen LogP contribution in [0.25, 0.3) is 0 Å². The zero-order valence-electron chi connectivity index (χ0n) is 13.1. The fourth-order valence-electron chi connectivity index (χ4n) is 1.94. The van der Waals surface area contributed by atoms with Crippen LogP contribution < -0.4 is 5.32 Å². The minimum atomic E-state index is -1.36. The van der Waals surface area contributed by atoms with E-state index in [0.29, 0.717) is 10.6 Å². The summed E-state index contributed by atoms with van der Waals surface area (Å²) in [6.45, 7) is 1.42. The number of anilines is 1. The van der Waals surface area contributed by atoms with Crippen molar-refractivity contribution >= 4 is 28.4 Å². The van der Waals surface area contributed by atoms with Crippen LogP contribution in [-0.2, 0) is 20.3 Å². The van der Waals surface area contributed by atoms with E-state index in [1.54, 1.807) is 18.2 Å². The van der Waals surface area contributed by atoms with E-state index in [4.69, 9.17) is 4.74 Å². The first-order chi connectivity index (χ1) is 11.4. The third-order valence-electron chi connectivity index (χ3n) is 3.18. The molecule has 0 aromatic heterocycles. The summed E-state index contributed by atoms with van der Waals surface area (Å²) in [6, 6.07) is 11.6. The van der Waals surface area contributed by atoms with Crippen molar-refractivity contribution in [2.75, 3.05) is 11.6 Å². The highest BCUT2D eigenvalue weighted by Crippen LogP contribution is 2.15. The SMILES string of the molecule is C[C@H](OC(=O)c1ccccc1[S@@](C)=O)C(=O)Nc1ccc(F)cc1. The number of carbonyl (C=O) groups is 2. The van der Waals surface area contributed by atoms with Gasteiger partial charge in [-0.15, -0.1) is 0 Å². The number of halogens is 1. The molecule has 0 heterocycles. The molecule has 24 heavy (non-hydrogen) atoms. The lowest BCUT2D eigenvalue weighted by molar-refractivity contribution is -0.123. The first-order valence-electron chi connectivity index (χ1n) is 7.08. The average molecular weight is 349 g/mol. The number of nitrogens with one attached hydrogen (secondary N) is 1. The molecule has 5 nitrogen and oxygen atoms in total. The highest BCUT2D eigenvalue weighted by molar-refractivity contribution is 7.84. The van der Waals surface area contributed by atoms with Crippen LogP contribution in [0.1, 0.15) is 17.3 Å². The van der Waals surface area contributed by atoms with Crippen LogP contribution in [0.5, 0.6) is 0 Å². The van der Waals surface area contributed by atoms with E-state index in [-0.39, 0.29) is 5.56 Å². The number of benzene rings is 2. The molecule has 1 amide bonds. The topological polar surface area (TPSA) is 72.5 Å². The largest absolute Gasteiger partial charge is 0.449 e. The van der Waals surface area contributed by atoms with Crippen LogP contribution in [0.3, 0.4) is 0 Å². The number of rotatable bonds is 5. The highest BCUT2D eigenvalue weighted by Gasteiger charge is 2.21. The Balaban J connectivity index is 2.04. The Morgan fingerprint density at radius 2 is 1.75 bits per heavy atom. The Kier molecular flexibility index (Phi) is 5.81. The molecule has 7 heteroatoms. The van der Waals surface area contributed by atoms with Gasteiger partial charge in [-0.25, -0.2) is 9.18 Å². The van der Waals surface area contributed by atoms with Gasteiger partial charge in [0.2, 0.25) is 0 Å². The van der Waals surface area contributed by atoms with Gasteiger partial charge in [0.05, 0.1) is 21.3 Å². The Hall–Kier alpha value is -2.54. The maximum absolute atomic E-state index is 12.8. The molecule has 2 aromatic rings. The van der Waals surface area contributed by atoms with Gasteiger partial charge in [-0.2, -0.15) is 0 Å². The van der Waals surface area contributed by atoms with Crippen LogP contribution in [0.4, 0.5) is 10.1 Å². The molecule has 0 aliphatic rings. The van der Waals surface area contributed by atoms with E-state index in [2.05, 4.69) is 5.32 Å². The summed E-state index contributed by atoms with van der Waals surface area (Å²) in [5.41, 5.74) is 0.541. The van der Waals surface area contributed by atoms with Gasteiger partial charge in [-0.05, 0) is 43.3 Å². The third-order valence-corrected chi connectivity index (χ3v) is 4.16. The summed E-state index contributed by atoms with van der Waals surface area (Å²) in [5, 5.41) is 2.52. The molecule has 0 spiro atoms. The van der Waals surface area contributed by atoms with Crippen molar-refractivity contribution < 1.29 is 22.9 Å². The molecule has 0 radical (unpaired) electrons. The molecular weight excluding hydrogens is 333 g/mol. The Bertz CT molecular complexity index is 776. The lowest BCUT2D eigenvalue weighted by atomic mass is 10.2. The maximum atomic E-state index is 12.8. The quantitative estimate of drug-likeness (QED) is 0.843. The van der Waals surface area contributed by atoms with E-state index < -0.39 is 34.6 Å². The van der Waals surface area contributed by atoms with Gasteiger partial charge in [-0.1, -0.05) is 12.1 Å². The number of ether oxygens (including phenoxy) is 1. The van der Waals surface area contributed by atoms with Crippen molar-refractivity contribution in [2.45, 2.75) is 17.9 Å². The molecule has 0 fully saturated rings. The first kappa shape index (κ1) is 17.8. The van der Waals surface area contributed by atoms with E-state index >= 15 is 0 Å². The van der Waals surface area contributed by atoms with Crippen LogP contribution in [0, 0.1) is 5.82 Å². The smallest absolute Gasteiger partial charge is 0.340 e. The Morgan fingerprint density at radius 1 is 1.12 bits per heavy atom. The number of hydrogen-bond acceptors (Lipinski definition) is 4. The predicted molar refractivity (Wildman–Crippen MR) is 88.7 cm³/mol. The molecule has 0 saturated heterocycles. The first-order valence-corrected chi connectivity index (χ1v) is 8.64. The number of esters is 1. The zero-order chi connectivity index (χ0) is 17.7. The highest BCUT2D eigenvalue weighted by atomic mass is 32.2. The number of hydrogen-bond donors (Lipinski definition) is 1. The predicted octanol–water partition coefficient (Wildman–Crippen LogP) is 2.75. The minimum Gasteiger partial charge on any atom is -0.449 e.